The van der Waals surface area contributed by atoms with Gasteiger partial charge in [-0.25, -0.2) is 4.68 Å². The van der Waals surface area contributed by atoms with E-state index in [1.165, 1.54) is 11.1 Å². The Bertz CT molecular complexity index is 1480. The summed E-state index contributed by atoms with van der Waals surface area (Å²) in [7, 11) is 0. The Hall–Kier alpha value is -4.58. The molecule has 2 heterocycles. The quantitative estimate of drug-likeness (QED) is 0.250. The number of rotatable bonds is 8. The molecule has 6 nitrogen and oxygen atoms in total. The van der Waals surface area contributed by atoms with E-state index in [-0.39, 0.29) is 12.1 Å². The van der Waals surface area contributed by atoms with Crippen LogP contribution in [0.4, 0.5) is 5.95 Å². The van der Waals surface area contributed by atoms with Crippen LogP contribution in [0.2, 0.25) is 0 Å². The second kappa shape index (κ2) is 10.8. The fraction of sp³-hybridized carbons (Fsp3) is 0.188. The van der Waals surface area contributed by atoms with E-state index in [1.54, 1.807) is 6.33 Å². The van der Waals surface area contributed by atoms with Gasteiger partial charge in [-0.15, -0.1) is 0 Å². The fourth-order valence-corrected chi connectivity index (χ4v) is 4.85. The summed E-state index contributed by atoms with van der Waals surface area (Å²) in [6.07, 6.45) is 2.44. The van der Waals surface area contributed by atoms with Crippen LogP contribution in [0.5, 0.6) is 11.5 Å². The van der Waals surface area contributed by atoms with E-state index in [0.29, 0.717) is 13.2 Å². The Morgan fingerprint density at radius 1 is 0.763 bits per heavy atom. The van der Waals surface area contributed by atoms with E-state index in [2.05, 4.69) is 83.0 Å². The minimum Gasteiger partial charge on any atom is -0.485 e. The predicted octanol–water partition coefficient (Wildman–Crippen LogP) is 6.89. The molecule has 190 valence electrons. The van der Waals surface area contributed by atoms with Gasteiger partial charge in [0, 0.05) is 0 Å². The van der Waals surface area contributed by atoms with E-state index in [1.807, 2.05) is 47.1 Å². The third kappa shape index (κ3) is 5.25. The van der Waals surface area contributed by atoms with Gasteiger partial charge < -0.3 is 14.8 Å². The van der Waals surface area contributed by atoms with Crippen LogP contribution < -0.4 is 14.8 Å². The minimum atomic E-state index is 0.00213. The molecule has 0 bridgehead atoms. The summed E-state index contributed by atoms with van der Waals surface area (Å²) in [4.78, 5) is 4.49. The molecule has 0 spiro atoms. The first-order valence-corrected chi connectivity index (χ1v) is 12.9. The van der Waals surface area contributed by atoms with Crippen LogP contribution in [-0.4, -0.2) is 14.8 Å². The van der Waals surface area contributed by atoms with Crippen molar-refractivity contribution in [1.29, 1.82) is 0 Å². The summed E-state index contributed by atoms with van der Waals surface area (Å²) in [5, 5.41) is 8.11. The molecule has 0 amide bonds. The highest BCUT2D eigenvalue weighted by molar-refractivity contribution is 5.46. The van der Waals surface area contributed by atoms with Gasteiger partial charge in [0.15, 0.2) is 11.5 Å². The highest BCUT2D eigenvalue weighted by Crippen LogP contribution is 2.40. The molecule has 0 saturated carbocycles. The average molecular weight is 503 g/mol. The molecule has 0 saturated heterocycles. The van der Waals surface area contributed by atoms with Gasteiger partial charge in [-0.2, -0.15) is 10.1 Å². The number of fused-ring (bicyclic) bond motifs is 1. The molecule has 1 aromatic heterocycles. The van der Waals surface area contributed by atoms with Gasteiger partial charge in [-0.3, -0.25) is 0 Å². The molecule has 38 heavy (non-hydrogen) atoms. The van der Waals surface area contributed by atoms with Crippen LogP contribution in [0.15, 0.2) is 109 Å². The fourth-order valence-electron chi connectivity index (χ4n) is 4.85. The number of nitrogens with one attached hydrogen (secondary N) is 1. The molecule has 0 aliphatic carbocycles. The van der Waals surface area contributed by atoms with Crippen molar-refractivity contribution in [3.63, 3.8) is 0 Å². The molecule has 1 aliphatic heterocycles. The number of aryl methyl sites for hydroxylation is 1. The number of nitrogens with zero attached hydrogens (tertiary/aromatic N) is 3. The normalized spacial score (nSPS) is 16.3. The van der Waals surface area contributed by atoms with E-state index in [0.717, 1.165) is 40.6 Å². The van der Waals surface area contributed by atoms with Crippen molar-refractivity contribution < 1.29 is 9.47 Å². The smallest absolute Gasteiger partial charge is 0.222 e. The molecule has 5 aromatic rings. The Balaban J connectivity index is 1.31. The van der Waals surface area contributed by atoms with Crippen LogP contribution in [-0.2, 0) is 13.2 Å². The van der Waals surface area contributed by atoms with Crippen molar-refractivity contribution in [3.8, 4) is 11.5 Å². The highest BCUT2D eigenvalue weighted by atomic mass is 16.5. The Labute approximate surface area is 222 Å². The molecule has 4 aromatic carbocycles. The van der Waals surface area contributed by atoms with Crippen molar-refractivity contribution in [2.45, 2.75) is 38.6 Å². The number of ether oxygens (including phenoxy) is 2. The van der Waals surface area contributed by atoms with Crippen LogP contribution in [0.25, 0.3) is 0 Å². The third-order valence-corrected chi connectivity index (χ3v) is 6.94. The maximum Gasteiger partial charge on any atom is 0.222 e. The third-order valence-electron chi connectivity index (χ3n) is 6.94. The summed E-state index contributed by atoms with van der Waals surface area (Å²) >= 11 is 0. The lowest BCUT2D eigenvalue weighted by Gasteiger charge is -2.32. The molecule has 1 aliphatic rings. The van der Waals surface area contributed by atoms with E-state index >= 15 is 0 Å². The highest BCUT2D eigenvalue weighted by Gasteiger charge is 2.30. The summed E-state index contributed by atoms with van der Waals surface area (Å²) in [6.45, 7) is 3.03. The van der Waals surface area contributed by atoms with Gasteiger partial charge in [-0.1, -0.05) is 96.6 Å². The second-order valence-electron chi connectivity index (χ2n) is 9.64. The van der Waals surface area contributed by atoms with Crippen LogP contribution >= 0.6 is 0 Å². The van der Waals surface area contributed by atoms with Gasteiger partial charge in [0.1, 0.15) is 19.5 Å². The lowest BCUT2D eigenvalue weighted by molar-refractivity contribution is 0.255. The SMILES string of the molecule is Cc1ccc(C2CC(c3ccc(OCc4ccccc4)c(OCc4ccccc4)c3)n3ncnc3N2)cc1. The van der Waals surface area contributed by atoms with Crippen LogP contribution in [0, 0.1) is 6.92 Å². The van der Waals surface area contributed by atoms with Gasteiger partial charge in [-0.05, 0) is 47.7 Å². The van der Waals surface area contributed by atoms with E-state index in [9.17, 15) is 0 Å². The minimum absolute atomic E-state index is 0.00213. The Kier molecular flexibility index (Phi) is 6.77. The first-order valence-electron chi connectivity index (χ1n) is 12.9. The zero-order valence-corrected chi connectivity index (χ0v) is 21.3. The monoisotopic (exact) mass is 502 g/mol. The standard InChI is InChI=1S/C32H30N4O2/c1-23-12-14-26(15-13-23)28-19-29(36-32(35-28)33-22-34-36)27-16-17-30(37-20-24-8-4-2-5-9-24)31(18-27)38-21-25-10-6-3-7-11-25/h2-18,22,28-29H,19-21H2,1H3,(H,33,34,35). The largest absolute Gasteiger partial charge is 0.485 e. The van der Waals surface area contributed by atoms with Crippen molar-refractivity contribution in [3.05, 3.63) is 137 Å². The number of anilines is 1. The zero-order chi connectivity index (χ0) is 25.7. The number of aromatic nitrogens is 3. The Morgan fingerprint density at radius 3 is 2.08 bits per heavy atom. The molecule has 6 heteroatoms. The van der Waals surface area contributed by atoms with Crippen LogP contribution in [0.1, 0.15) is 46.3 Å². The molecule has 0 fully saturated rings. The predicted molar refractivity (Wildman–Crippen MR) is 148 cm³/mol. The average Bonchev–Trinajstić information content (AvgIpc) is 3.45. The number of benzene rings is 4. The van der Waals surface area contributed by atoms with Crippen molar-refractivity contribution in [2.75, 3.05) is 5.32 Å². The number of hydrogen-bond donors (Lipinski definition) is 1. The van der Waals surface area contributed by atoms with Gasteiger partial charge in [0.2, 0.25) is 5.95 Å². The van der Waals surface area contributed by atoms with Crippen molar-refractivity contribution in [1.82, 2.24) is 14.8 Å². The zero-order valence-electron chi connectivity index (χ0n) is 21.3. The topological polar surface area (TPSA) is 61.2 Å². The van der Waals surface area contributed by atoms with Crippen LogP contribution in [0.3, 0.4) is 0 Å². The lowest BCUT2D eigenvalue weighted by atomic mass is 9.93. The molecule has 0 radical (unpaired) electrons. The van der Waals surface area contributed by atoms with E-state index < -0.39 is 0 Å². The molecule has 2 atom stereocenters. The molecular weight excluding hydrogens is 472 g/mol. The summed E-state index contributed by atoms with van der Waals surface area (Å²) in [6, 6.07) is 35.4. The summed E-state index contributed by atoms with van der Waals surface area (Å²) in [5.41, 5.74) is 5.79. The Morgan fingerprint density at radius 2 is 1.39 bits per heavy atom. The van der Waals surface area contributed by atoms with Crippen molar-refractivity contribution in [2.24, 2.45) is 0 Å². The lowest BCUT2D eigenvalue weighted by Crippen LogP contribution is -2.28. The summed E-state index contributed by atoms with van der Waals surface area (Å²) in [5.74, 6) is 2.20. The van der Waals surface area contributed by atoms with Gasteiger partial charge in [0.05, 0.1) is 12.1 Å². The van der Waals surface area contributed by atoms with Gasteiger partial charge >= 0.3 is 0 Å². The van der Waals surface area contributed by atoms with Gasteiger partial charge in [0.25, 0.3) is 0 Å². The summed E-state index contributed by atoms with van der Waals surface area (Å²) < 4.78 is 14.6. The maximum atomic E-state index is 6.35. The number of hydrogen-bond acceptors (Lipinski definition) is 5. The first kappa shape index (κ1) is 23.8. The molecule has 1 N–H and O–H groups in total. The molecule has 2 unspecified atom stereocenters. The molecular formula is C32H30N4O2. The van der Waals surface area contributed by atoms with E-state index in [4.69, 9.17) is 9.47 Å². The molecule has 6 rings (SSSR count). The second-order valence-corrected chi connectivity index (χ2v) is 9.64. The maximum absolute atomic E-state index is 6.35. The first-order chi connectivity index (χ1) is 18.7. The van der Waals surface area contributed by atoms with Crippen molar-refractivity contribution >= 4 is 5.95 Å².